The Morgan fingerprint density at radius 2 is 1.93 bits per heavy atom. The van der Waals surface area contributed by atoms with E-state index in [-0.39, 0.29) is 22.7 Å². The van der Waals surface area contributed by atoms with Crippen molar-refractivity contribution in [2.75, 3.05) is 6.26 Å². The molecule has 4 rings (SSSR count). The second-order valence-electron chi connectivity index (χ2n) is 5.90. The molecule has 0 spiro atoms. The largest absolute Gasteiger partial charge is 0.506 e. The molecule has 27 heavy (non-hydrogen) atoms. The van der Waals surface area contributed by atoms with Crippen LogP contribution < -0.4 is 5.56 Å². The van der Waals surface area contributed by atoms with Gasteiger partial charge >= 0.3 is 0 Å². The predicted molar refractivity (Wildman–Crippen MR) is 101 cm³/mol. The van der Waals surface area contributed by atoms with Crippen LogP contribution in [-0.2, 0) is 7.05 Å². The van der Waals surface area contributed by atoms with Gasteiger partial charge in [-0.25, -0.2) is 4.39 Å². The summed E-state index contributed by atoms with van der Waals surface area (Å²) >= 11 is 1.61. The third-order valence-electron chi connectivity index (χ3n) is 4.32. The zero-order chi connectivity index (χ0) is 19.1. The van der Waals surface area contributed by atoms with Crippen molar-refractivity contribution < 1.29 is 14.0 Å². The summed E-state index contributed by atoms with van der Waals surface area (Å²) < 4.78 is 20.0. The lowest BCUT2D eigenvalue weighted by molar-refractivity contribution is 0.425. The first kappa shape index (κ1) is 17.3. The van der Waals surface area contributed by atoms with E-state index in [1.54, 1.807) is 11.8 Å². The minimum absolute atomic E-state index is 0.0942. The zero-order valence-electron chi connectivity index (χ0n) is 14.4. The summed E-state index contributed by atoms with van der Waals surface area (Å²) in [5.74, 6) is -0.610. The van der Waals surface area contributed by atoms with E-state index in [0.29, 0.717) is 11.2 Å². The van der Waals surface area contributed by atoms with Gasteiger partial charge in [0, 0.05) is 22.9 Å². The lowest BCUT2D eigenvalue weighted by atomic mass is 10.1. The molecule has 0 unspecified atom stereocenters. The standard InChI is InChI=1S/C19H14FN3O3S/c1-23-14-9-11(20)5-8-13(14)16(24)15(19(23)25)18-21-17(22-26-18)10-3-6-12(27-2)7-4-10/h3-9,24H,1-2H3. The van der Waals surface area contributed by atoms with Gasteiger partial charge in [0.2, 0.25) is 5.82 Å². The molecule has 2 aromatic heterocycles. The summed E-state index contributed by atoms with van der Waals surface area (Å²) in [7, 11) is 1.49. The third-order valence-corrected chi connectivity index (χ3v) is 5.06. The Balaban J connectivity index is 1.87. The maximum Gasteiger partial charge on any atom is 0.267 e. The van der Waals surface area contributed by atoms with E-state index < -0.39 is 11.4 Å². The van der Waals surface area contributed by atoms with Crippen LogP contribution in [0.25, 0.3) is 33.7 Å². The molecule has 6 nitrogen and oxygen atoms in total. The van der Waals surface area contributed by atoms with Gasteiger partial charge in [-0.05, 0) is 48.7 Å². The van der Waals surface area contributed by atoms with E-state index in [1.165, 1.54) is 29.8 Å². The Hall–Kier alpha value is -3.13. The van der Waals surface area contributed by atoms with Gasteiger partial charge in [0.05, 0.1) is 5.52 Å². The summed E-state index contributed by atoms with van der Waals surface area (Å²) in [5, 5.41) is 14.8. The highest BCUT2D eigenvalue weighted by Crippen LogP contribution is 2.33. The Bertz CT molecular complexity index is 1220. The van der Waals surface area contributed by atoms with E-state index in [2.05, 4.69) is 10.1 Å². The lowest BCUT2D eigenvalue weighted by Gasteiger charge is -2.09. The Labute approximate surface area is 157 Å². The second kappa shape index (κ2) is 6.55. The molecular weight excluding hydrogens is 369 g/mol. The number of aryl methyl sites for hydroxylation is 1. The number of benzene rings is 2. The van der Waals surface area contributed by atoms with Crippen LogP contribution in [0.15, 0.2) is 56.7 Å². The van der Waals surface area contributed by atoms with Gasteiger partial charge in [0.1, 0.15) is 17.1 Å². The van der Waals surface area contributed by atoms with Crippen molar-refractivity contribution >= 4 is 22.7 Å². The van der Waals surface area contributed by atoms with Gasteiger partial charge in [-0.2, -0.15) is 4.98 Å². The molecule has 0 fully saturated rings. The number of rotatable bonds is 3. The van der Waals surface area contributed by atoms with E-state index in [4.69, 9.17) is 4.52 Å². The molecular formula is C19H14FN3O3S. The van der Waals surface area contributed by atoms with Gasteiger partial charge in [-0.1, -0.05) is 5.16 Å². The number of pyridine rings is 1. The van der Waals surface area contributed by atoms with Crippen molar-refractivity contribution in [3.05, 3.63) is 58.6 Å². The van der Waals surface area contributed by atoms with Crippen LogP contribution in [0, 0.1) is 5.82 Å². The average molecular weight is 383 g/mol. The van der Waals surface area contributed by atoms with Crippen LogP contribution in [0.4, 0.5) is 4.39 Å². The molecule has 0 radical (unpaired) electrons. The van der Waals surface area contributed by atoms with Crippen LogP contribution in [0.1, 0.15) is 0 Å². The highest BCUT2D eigenvalue weighted by Gasteiger charge is 2.22. The van der Waals surface area contributed by atoms with E-state index in [0.717, 1.165) is 10.5 Å². The SMILES string of the molecule is CSc1ccc(-c2noc(-c3c(O)c4ccc(F)cc4n(C)c3=O)n2)cc1. The van der Waals surface area contributed by atoms with Gasteiger partial charge in [0.25, 0.3) is 11.4 Å². The summed E-state index contributed by atoms with van der Waals surface area (Å²) in [6, 6.07) is 11.4. The molecule has 0 aliphatic heterocycles. The first-order valence-corrected chi connectivity index (χ1v) is 9.22. The number of aromatic hydroxyl groups is 1. The van der Waals surface area contributed by atoms with Crippen molar-refractivity contribution in [1.82, 2.24) is 14.7 Å². The van der Waals surface area contributed by atoms with Crippen LogP contribution in [0.3, 0.4) is 0 Å². The molecule has 2 heterocycles. The Morgan fingerprint density at radius 3 is 2.63 bits per heavy atom. The topological polar surface area (TPSA) is 81.2 Å². The van der Waals surface area contributed by atoms with E-state index in [1.807, 2.05) is 30.5 Å². The predicted octanol–water partition coefficient (Wildman–Crippen LogP) is 3.82. The summed E-state index contributed by atoms with van der Waals surface area (Å²) in [4.78, 5) is 18.0. The number of hydrogen-bond acceptors (Lipinski definition) is 6. The minimum atomic E-state index is -0.557. The molecule has 136 valence electrons. The third kappa shape index (κ3) is 2.87. The molecule has 0 saturated heterocycles. The smallest absolute Gasteiger partial charge is 0.267 e. The average Bonchev–Trinajstić information content (AvgIpc) is 3.16. The zero-order valence-corrected chi connectivity index (χ0v) is 15.2. The van der Waals surface area contributed by atoms with Crippen molar-refractivity contribution in [2.24, 2.45) is 7.05 Å². The first-order valence-electron chi connectivity index (χ1n) is 7.99. The van der Waals surface area contributed by atoms with Gasteiger partial charge < -0.3 is 14.2 Å². The van der Waals surface area contributed by atoms with Gasteiger partial charge in [-0.3, -0.25) is 4.79 Å². The van der Waals surface area contributed by atoms with Gasteiger partial charge in [-0.15, -0.1) is 11.8 Å². The Kier molecular flexibility index (Phi) is 4.19. The molecule has 8 heteroatoms. The molecule has 0 atom stereocenters. The quantitative estimate of drug-likeness (QED) is 0.542. The molecule has 2 aromatic carbocycles. The van der Waals surface area contributed by atoms with E-state index in [9.17, 15) is 14.3 Å². The highest BCUT2D eigenvalue weighted by atomic mass is 32.2. The van der Waals surface area contributed by atoms with Crippen molar-refractivity contribution in [3.8, 4) is 28.6 Å². The molecule has 0 bridgehead atoms. The summed E-state index contributed by atoms with van der Waals surface area (Å²) in [6.07, 6.45) is 1.98. The number of thioether (sulfide) groups is 1. The summed E-state index contributed by atoms with van der Waals surface area (Å²) in [6.45, 7) is 0. The van der Waals surface area contributed by atoms with Crippen molar-refractivity contribution in [3.63, 3.8) is 0 Å². The van der Waals surface area contributed by atoms with Crippen LogP contribution in [0.2, 0.25) is 0 Å². The summed E-state index contributed by atoms with van der Waals surface area (Å²) in [5.41, 5.74) is 0.324. The number of hydrogen-bond donors (Lipinski definition) is 1. The lowest BCUT2D eigenvalue weighted by Crippen LogP contribution is -2.19. The number of halogens is 1. The fraction of sp³-hybridized carbons (Fsp3) is 0.105. The second-order valence-corrected chi connectivity index (χ2v) is 6.78. The number of nitrogens with zero attached hydrogens (tertiary/aromatic N) is 3. The van der Waals surface area contributed by atoms with Crippen molar-refractivity contribution in [1.29, 1.82) is 0 Å². The number of fused-ring (bicyclic) bond motifs is 1. The van der Waals surface area contributed by atoms with Crippen LogP contribution >= 0.6 is 11.8 Å². The maximum atomic E-state index is 13.5. The van der Waals surface area contributed by atoms with Gasteiger partial charge in [0.15, 0.2) is 0 Å². The fourth-order valence-corrected chi connectivity index (χ4v) is 3.28. The molecule has 1 N–H and O–H groups in total. The maximum absolute atomic E-state index is 13.5. The monoisotopic (exact) mass is 383 g/mol. The normalized spacial score (nSPS) is 11.2. The fourth-order valence-electron chi connectivity index (χ4n) is 2.87. The molecule has 0 aliphatic rings. The van der Waals surface area contributed by atoms with Crippen molar-refractivity contribution in [2.45, 2.75) is 4.90 Å². The minimum Gasteiger partial charge on any atom is -0.506 e. The highest BCUT2D eigenvalue weighted by molar-refractivity contribution is 7.98. The van der Waals surface area contributed by atoms with Crippen LogP contribution in [0.5, 0.6) is 5.75 Å². The molecule has 0 saturated carbocycles. The molecule has 4 aromatic rings. The van der Waals surface area contributed by atoms with Crippen LogP contribution in [-0.4, -0.2) is 26.1 Å². The Morgan fingerprint density at radius 1 is 1.19 bits per heavy atom. The molecule has 0 aliphatic carbocycles. The first-order chi connectivity index (χ1) is 13.0. The number of aromatic nitrogens is 3. The van der Waals surface area contributed by atoms with E-state index >= 15 is 0 Å². The molecule has 0 amide bonds.